The highest BCUT2D eigenvalue weighted by Crippen LogP contribution is 2.38. The van der Waals surface area contributed by atoms with Gasteiger partial charge in [0.1, 0.15) is 5.75 Å². The van der Waals surface area contributed by atoms with E-state index in [-0.39, 0.29) is 5.75 Å². The van der Waals surface area contributed by atoms with Gasteiger partial charge in [0.25, 0.3) is 0 Å². The highest BCUT2D eigenvalue weighted by molar-refractivity contribution is 9.10. The number of aromatic nitrogens is 2. The molecule has 0 aliphatic rings. The van der Waals surface area contributed by atoms with Crippen molar-refractivity contribution < 1.29 is 5.11 Å². The van der Waals surface area contributed by atoms with Crippen molar-refractivity contribution in [1.29, 1.82) is 0 Å². The molecule has 0 unspecified atom stereocenters. The Morgan fingerprint density at radius 2 is 2.04 bits per heavy atom. The zero-order valence-electron chi connectivity index (χ0n) is 13.5. The Labute approximate surface area is 163 Å². The highest BCUT2D eigenvalue weighted by atomic mass is 79.9. The molecule has 0 aliphatic heterocycles. The second kappa shape index (κ2) is 7.64. The molecule has 3 aromatic rings. The summed E-state index contributed by atoms with van der Waals surface area (Å²) in [6.45, 7) is 3.97. The number of benzene rings is 2. The van der Waals surface area contributed by atoms with Gasteiger partial charge in [-0.05, 0) is 54.0 Å². The molecule has 4 nitrogen and oxygen atoms in total. The van der Waals surface area contributed by atoms with E-state index in [0.29, 0.717) is 15.1 Å². The molecule has 128 valence electrons. The van der Waals surface area contributed by atoms with E-state index in [0.717, 1.165) is 26.9 Å². The number of halogens is 2. The van der Waals surface area contributed by atoms with Crippen LogP contribution in [0.25, 0.3) is 0 Å². The van der Waals surface area contributed by atoms with Crippen LogP contribution in [-0.2, 0) is 0 Å². The van der Waals surface area contributed by atoms with Crippen LogP contribution >= 0.6 is 39.3 Å². The fraction of sp³-hybridized carbons (Fsp3) is 0.111. The Kier molecular flexibility index (Phi) is 5.51. The zero-order valence-corrected chi connectivity index (χ0v) is 16.7. The SMILES string of the molecule is Cc1n[nH]c(C)c1Sc1ccccc1N=Cc1cc(Cl)cc(Br)c1O. The molecule has 2 N–H and O–H groups in total. The second-order valence-electron chi connectivity index (χ2n) is 5.42. The third-order valence-electron chi connectivity index (χ3n) is 3.54. The first-order chi connectivity index (χ1) is 12.0. The molecule has 0 spiro atoms. The van der Waals surface area contributed by atoms with E-state index in [1.165, 1.54) is 0 Å². The lowest BCUT2D eigenvalue weighted by molar-refractivity contribution is 0.471. The molecule has 0 fully saturated rings. The van der Waals surface area contributed by atoms with Gasteiger partial charge in [0, 0.05) is 27.4 Å². The molecule has 25 heavy (non-hydrogen) atoms. The number of hydrogen-bond donors (Lipinski definition) is 2. The van der Waals surface area contributed by atoms with Gasteiger partial charge in [-0.2, -0.15) is 5.10 Å². The fourth-order valence-electron chi connectivity index (χ4n) is 2.27. The van der Waals surface area contributed by atoms with Crippen molar-refractivity contribution in [1.82, 2.24) is 10.2 Å². The predicted octanol–water partition coefficient (Wildman–Crippen LogP) is 6.05. The predicted molar refractivity (Wildman–Crippen MR) is 107 cm³/mol. The third kappa shape index (κ3) is 4.08. The molecule has 0 aliphatic carbocycles. The average Bonchev–Trinajstić information content (AvgIpc) is 2.90. The number of phenols is 1. The Morgan fingerprint density at radius 1 is 1.28 bits per heavy atom. The first-order valence-electron chi connectivity index (χ1n) is 7.46. The van der Waals surface area contributed by atoms with Crippen molar-refractivity contribution in [3.05, 3.63) is 62.8 Å². The largest absolute Gasteiger partial charge is 0.506 e. The first kappa shape index (κ1) is 18.0. The van der Waals surface area contributed by atoms with E-state index >= 15 is 0 Å². The molecule has 0 atom stereocenters. The summed E-state index contributed by atoms with van der Waals surface area (Å²) in [5.41, 5.74) is 3.34. The number of phenolic OH excluding ortho intramolecular Hbond substituents is 1. The van der Waals surface area contributed by atoms with Crippen molar-refractivity contribution >= 4 is 51.2 Å². The van der Waals surface area contributed by atoms with Gasteiger partial charge in [-0.1, -0.05) is 35.5 Å². The number of aromatic hydroxyl groups is 1. The van der Waals surface area contributed by atoms with Crippen molar-refractivity contribution in [3.8, 4) is 5.75 Å². The third-order valence-corrected chi connectivity index (χ3v) is 5.73. The van der Waals surface area contributed by atoms with Crippen LogP contribution in [0.3, 0.4) is 0 Å². The van der Waals surface area contributed by atoms with Crippen LogP contribution in [0.4, 0.5) is 5.69 Å². The lowest BCUT2D eigenvalue weighted by atomic mass is 10.2. The number of rotatable bonds is 4. The van der Waals surface area contributed by atoms with Crippen molar-refractivity contribution in [2.45, 2.75) is 23.6 Å². The van der Waals surface area contributed by atoms with E-state index in [1.54, 1.807) is 30.1 Å². The van der Waals surface area contributed by atoms with Gasteiger partial charge in [-0.25, -0.2) is 0 Å². The minimum atomic E-state index is 0.111. The van der Waals surface area contributed by atoms with Gasteiger partial charge < -0.3 is 5.11 Å². The van der Waals surface area contributed by atoms with Crippen LogP contribution in [0.5, 0.6) is 5.75 Å². The summed E-state index contributed by atoms with van der Waals surface area (Å²) in [7, 11) is 0. The normalized spacial score (nSPS) is 11.4. The number of para-hydroxylation sites is 1. The average molecular weight is 437 g/mol. The van der Waals surface area contributed by atoms with Gasteiger partial charge >= 0.3 is 0 Å². The van der Waals surface area contributed by atoms with Crippen LogP contribution < -0.4 is 0 Å². The van der Waals surface area contributed by atoms with Crippen molar-refractivity contribution in [2.24, 2.45) is 4.99 Å². The molecule has 2 aromatic carbocycles. The van der Waals surface area contributed by atoms with Gasteiger partial charge in [-0.15, -0.1) is 0 Å². The summed E-state index contributed by atoms with van der Waals surface area (Å²) in [5, 5.41) is 17.9. The molecule has 0 amide bonds. The molecular formula is C18H15BrClN3OS. The Balaban J connectivity index is 1.94. The van der Waals surface area contributed by atoms with E-state index in [2.05, 4.69) is 31.1 Å². The van der Waals surface area contributed by atoms with E-state index in [4.69, 9.17) is 11.6 Å². The molecule has 0 radical (unpaired) electrons. The number of H-pyrrole nitrogens is 1. The number of aromatic amines is 1. The summed E-state index contributed by atoms with van der Waals surface area (Å²) in [6.07, 6.45) is 1.61. The van der Waals surface area contributed by atoms with E-state index < -0.39 is 0 Å². The number of nitrogens with one attached hydrogen (secondary N) is 1. The Morgan fingerprint density at radius 3 is 2.76 bits per heavy atom. The van der Waals surface area contributed by atoms with Gasteiger partial charge in [0.05, 0.1) is 20.7 Å². The topological polar surface area (TPSA) is 61.3 Å². The van der Waals surface area contributed by atoms with Crippen LogP contribution in [-0.4, -0.2) is 21.5 Å². The summed E-state index contributed by atoms with van der Waals surface area (Å²) in [4.78, 5) is 6.64. The molecule has 0 saturated heterocycles. The number of aryl methyl sites for hydroxylation is 2. The summed E-state index contributed by atoms with van der Waals surface area (Å²) >= 11 is 10.9. The molecule has 0 saturated carbocycles. The molecular weight excluding hydrogens is 422 g/mol. The lowest BCUT2D eigenvalue weighted by Gasteiger charge is -2.06. The maximum absolute atomic E-state index is 10.1. The zero-order chi connectivity index (χ0) is 18.0. The summed E-state index contributed by atoms with van der Waals surface area (Å²) in [5.74, 6) is 0.111. The van der Waals surface area contributed by atoms with Gasteiger partial charge in [-0.3, -0.25) is 10.1 Å². The van der Waals surface area contributed by atoms with Gasteiger partial charge in [0.15, 0.2) is 0 Å². The van der Waals surface area contributed by atoms with Crippen LogP contribution in [0.1, 0.15) is 17.0 Å². The molecule has 1 aromatic heterocycles. The molecule has 3 rings (SSSR count). The minimum Gasteiger partial charge on any atom is -0.506 e. The molecule has 7 heteroatoms. The lowest BCUT2D eigenvalue weighted by Crippen LogP contribution is -1.85. The van der Waals surface area contributed by atoms with E-state index in [9.17, 15) is 5.11 Å². The van der Waals surface area contributed by atoms with Crippen molar-refractivity contribution in [2.75, 3.05) is 0 Å². The summed E-state index contributed by atoms with van der Waals surface area (Å²) < 4.78 is 0.536. The smallest absolute Gasteiger partial charge is 0.138 e. The molecule has 1 heterocycles. The highest BCUT2D eigenvalue weighted by Gasteiger charge is 2.11. The quantitative estimate of drug-likeness (QED) is 0.489. The van der Waals surface area contributed by atoms with E-state index in [1.807, 2.05) is 38.1 Å². The summed E-state index contributed by atoms with van der Waals surface area (Å²) in [6, 6.07) is 11.2. The first-order valence-corrected chi connectivity index (χ1v) is 9.45. The van der Waals surface area contributed by atoms with Gasteiger partial charge in [0.2, 0.25) is 0 Å². The second-order valence-corrected chi connectivity index (χ2v) is 7.76. The van der Waals surface area contributed by atoms with Crippen LogP contribution in [0.15, 0.2) is 55.7 Å². The van der Waals surface area contributed by atoms with Crippen LogP contribution in [0, 0.1) is 13.8 Å². The standard InChI is InChI=1S/C18H15BrClN3OS/c1-10-18(11(2)23-22-10)25-16-6-4-3-5-15(16)21-9-12-7-13(20)8-14(19)17(12)24/h3-9,24H,1-2H3,(H,22,23). The minimum absolute atomic E-state index is 0.111. The van der Waals surface area contributed by atoms with Crippen molar-refractivity contribution in [3.63, 3.8) is 0 Å². The Bertz CT molecular complexity index is 936. The number of nitrogens with zero attached hydrogens (tertiary/aromatic N) is 2. The maximum Gasteiger partial charge on any atom is 0.138 e. The maximum atomic E-state index is 10.1. The fourth-order valence-corrected chi connectivity index (χ4v) is 4.09. The Hall–Kier alpha value is -1.76. The van der Waals surface area contributed by atoms with Crippen LogP contribution in [0.2, 0.25) is 5.02 Å². The number of hydrogen-bond acceptors (Lipinski definition) is 4. The number of aliphatic imine (C=N–C) groups is 1. The molecule has 0 bridgehead atoms. The monoisotopic (exact) mass is 435 g/mol.